The van der Waals surface area contributed by atoms with Gasteiger partial charge in [-0.25, -0.2) is 0 Å². The van der Waals surface area contributed by atoms with E-state index in [-0.39, 0.29) is 19.6 Å². The lowest BCUT2D eigenvalue weighted by molar-refractivity contribution is -0.113. The minimum atomic E-state index is -0.0852. The molecule has 0 amide bonds. The van der Waals surface area contributed by atoms with Crippen molar-refractivity contribution in [1.82, 2.24) is 0 Å². The van der Waals surface area contributed by atoms with E-state index in [1.54, 1.807) is 0 Å². The molecule has 0 N–H and O–H groups in total. The van der Waals surface area contributed by atoms with Gasteiger partial charge in [-0.3, -0.25) is 9.59 Å². The van der Waals surface area contributed by atoms with Gasteiger partial charge < -0.3 is 0 Å². The SMILES string of the molecule is CCCCCCCC/C=C\CCCCCCCC(=O)PC(=O)CCCCCCCCCCCCCCCCC. The van der Waals surface area contributed by atoms with Gasteiger partial charge in [-0.2, -0.15) is 0 Å². The molecule has 0 saturated heterocycles. The highest BCUT2D eigenvalue weighted by Crippen LogP contribution is 2.22. The first-order valence-corrected chi connectivity index (χ1v) is 18.7. The number of allylic oxidation sites excluding steroid dienone is 2. The second kappa shape index (κ2) is 33.7. The molecule has 1 atom stereocenters. The van der Waals surface area contributed by atoms with Crippen LogP contribution in [-0.2, 0) is 9.59 Å². The Bertz CT molecular complexity index is 542. The first kappa shape index (κ1) is 38.5. The molecule has 2 nitrogen and oxygen atoms in total. The summed E-state index contributed by atoms with van der Waals surface area (Å²) in [7, 11) is -0.0852. The average molecular weight is 565 g/mol. The number of hydrogen-bond acceptors (Lipinski definition) is 2. The monoisotopic (exact) mass is 565 g/mol. The van der Waals surface area contributed by atoms with E-state index < -0.39 is 0 Å². The third-order valence-electron chi connectivity index (χ3n) is 7.95. The van der Waals surface area contributed by atoms with E-state index in [4.69, 9.17) is 0 Å². The Morgan fingerprint density at radius 2 is 0.641 bits per heavy atom. The van der Waals surface area contributed by atoms with Crippen LogP contribution >= 0.6 is 8.58 Å². The smallest absolute Gasteiger partial charge is 0.158 e. The van der Waals surface area contributed by atoms with Gasteiger partial charge in [-0.1, -0.05) is 167 Å². The zero-order valence-corrected chi connectivity index (χ0v) is 27.7. The van der Waals surface area contributed by atoms with Crippen molar-refractivity contribution in [3.8, 4) is 0 Å². The minimum absolute atomic E-state index is 0.0852. The van der Waals surface area contributed by atoms with Crippen LogP contribution in [0.3, 0.4) is 0 Å². The van der Waals surface area contributed by atoms with Gasteiger partial charge in [0.1, 0.15) is 0 Å². The first-order valence-electron chi connectivity index (χ1n) is 17.7. The van der Waals surface area contributed by atoms with E-state index in [0.29, 0.717) is 12.8 Å². The molecule has 0 aromatic heterocycles. The second-order valence-electron chi connectivity index (χ2n) is 12.0. The van der Waals surface area contributed by atoms with Crippen LogP contribution in [0.15, 0.2) is 12.2 Å². The number of carbonyl (C=O) groups is 2. The third kappa shape index (κ3) is 33.6. The summed E-state index contributed by atoms with van der Waals surface area (Å²) in [6.45, 7) is 4.55. The van der Waals surface area contributed by atoms with E-state index in [9.17, 15) is 9.59 Å². The van der Waals surface area contributed by atoms with Gasteiger partial charge in [0.25, 0.3) is 0 Å². The van der Waals surface area contributed by atoms with Gasteiger partial charge in [-0.15, -0.1) is 0 Å². The Morgan fingerprint density at radius 1 is 0.385 bits per heavy atom. The van der Waals surface area contributed by atoms with Gasteiger partial charge in [-0.05, 0) is 38.5 Å². The number of unbranched alkanes of at least 4 members (excludes halogenated alkanes) is 25. The van der Waals surface area contributed by atoms with Crippen molar-refractivity contribution in [1.29, 1.82) is 0 Å². The zero-order chi connectivity index (χ0) is 28.5. The van der Waals surface area contributed by atoms with E-state index in [1.165, 1.54) is 154 Å². The Hall–Kier alpha value is -0.490. The second-order valence-corrected chi connectivity index (χ2v) is 13.4. The molecule has 0 aromatic rings. The molecular formula is C36H69O2P. The summed E-state index contributed by atoms with van der Waals surface area (Å²) < 4.78 is 0. The quantitative estimate of drug-likeness (QED) is 0.0451. The molecule has 3 heteroatoms. The lowest BCUT2D eigenvalue weighted by atomic mass is 10.0. The van der Waals surface area contributed by atoms with E-state index in [1.807, 2.05) is 0 Å². The lowest BCUT2D eigenvalue weighted by Crippen LogP contribution is -1.97. The van der Waals surface area contributed by atoms with Gasteiger partial charge >= 0.3 is 0 Å². The molecule has 230 valence electrons. The van der Waals surface area contributed by atoms with E-state index >= 15 is 0 Å². The normalized spacial score (nSPS) is 11.8. The Labute approximate surface area is 247 Å². The predicted octanol–water partition coefficient (Wildman–Crippen LogP) is 13.0. The van der Waals surface area contributed by atoms with E-state index in [2.05, 4.69) is 26.0 Å². The van der Waals surface area contributed by atoms with Gasteiger partial charge in [0.15, 0.2) is 11.0 Å². The van der Waals surface area contributed by atoms with Crippen LogP contribution in [0, 0.1) is 0 Å². The summed E-state index contributed by atoms with van der Waals surface area (Å²) in [6.07, 6.45) is 42.6. The molecule has 39 heavy (non-hydrogen) atoms. The summed E-state index contributed by atoms with van der Waals surface area (Å²) >= 11 is 0. The standard InChI is InChI=1S/C36H69O2P/c1-3-5-7-9-11-13-15-17-19-21-23-25-27-29-31-33-35(37)39-36(38)34-32-30-28-26-24-22-20-18-16-14-12-10-8-6-4-2/h17,19,39H,3-16,18,20-34H2,1-2H3/b19-17-. The maximum atomic E-state index is 12.1. The molecule has 0 aliphatic heterocycles. The van der Waals surface area contributed by atoms with Crippen LogP contribution < -0.4 is 0 Å². The predicted molar refractivity (Wildman–Crippen MR) is 177 cm³/mol. The molecule has 0 rings (SSSR count). The van der Waals surface area contributed by atoms with Crippen LogP contribution in [0.4, 0.5) is 0 Å². The Morgan fingerprint density at radius 3 is 0.949 bits per heavy atom. The molecule has 0 radical (unpaired) electrons. The molecular weight excluding hydrogens is 495 g/mol. The van der Waals surface area contributed by atoms with Crippen LogP contribution in [0.2, 0.25) is 0 Å². The average Bonchev–Trinajstić information content (AvgIpc) is 2.93. The Balaban J connectivity index is 3.32. The van der Waals surface area contributed by atoms with Crippen LogP contribution in [-0.4, -0.2) is 11.0 Å². The highest BCUT2D eigenvalue weighted by Gasteiger charge is 2.09. The molecule has 0 aliphatic rings. The molecule has 0 saturated carbocycles. The minimum Gasteiger partial charge on any atom is -0.294 e. The fraction of sp³-hybridized carbons (Fsp3) is 0.889. The largest absolute Gasteiger partial charge is 0.294 e. The fourth-order valence-corrected chi connectivity index (χ4v) is 6.21. The highest BCUT2D eigenvalue weighted by atomic mass is 31.1. The first-order chi connectivity index (χ1) is 19.2. The number of carbonyl (C=O) groups excluding carboxylic acids is 2. The van der Waals surface area contributed by atoms with Crippen molar-refractivity contribution in [3.05, 3.63) is 12.2 Å². The topological polar surface area (TPSA) is 34.1 Å². The number of hydrogen-bond donors (Lipinski definition) is 0. The van der Waals surface area contributed by atoms with Gasteiger partial charge in [0.05, 0.1) is 0 Å². The molecule has 1 unspecified atom stereocenters. The summed E-state index contributed by atoms with van der Waals surface area (Å²) in [4.78, 5) is 24.3. The maximum absolute atomic E-state index is 12.1. The molecule has 0 spiro atoms. The van der Waals surface area contributed by atoms with Crippen LogP contribution in [0.1, 0.15) is 206 Å². The van der Waals surface area contributed by atoms with Crippen LogP contribution in [0.5, 0.6) is 0 Å². The van der Waals surface area contributed by atoms with Crippen molar-refractivity contribution >= 4 is 19.6 Å². The lowest BCUT2D eigenvalue weighted by Gasteiger charge is -2.04. The molecule has 0 aromatic carbocycles. The summed E-state index contributed by atoms with van der Waals surface area (Å²) in [5.41, 5.74) is 0.390. The summed E-state index contributed by atoms with van der Waals surface area (Å²) in [6, 6.07) is 0. The van der Waals surface area contributed by atoms with E-state index in [0.717, 1.165) is 25.7 Å². The molecule has 0 fully saturated rings. The van der Waals surface area contributed by atoms with Crippen molar-refractivity contribution in [2.24, 2.45) is 0 Å². The summed E-state index contributed by atoms with van der Waals surface area (Å²) in [5.74, 6) is 0. The highest BCUT2D eigenvalue weighted by molar-refractivity contribution is 7.73. The van der Waals surface area contributed by atoms with Crippen molar-refractivity contribution in [3.63, 3.8) is 0 Å². The third-order valence-corrected chi connectivity index (χ3v) is 9.01. The molecule has 0 heterocycles. The number of rotatable bonds is 33. The summed E-state index contributed by atoms with van der Waals surface area (Å²) in [5, 5.41) is 0. The molecule has 0 bridgehead atoms. The van der Waals surface area contributed by atoms with Crippen LogP contribution in [0.25, 0.3) is 0 Å². The van der Waals surface area contributed by atoms with Crippen molar-refractivity contribution < 1.29 is 9.59 Å². The fourth-order valence-electron chi connectivity index (χ4n) is 5.29. The van der Waals surface area contributed by atoms with Gasteiger partial charge in [0, 0.05) is 21.4 Å². The Kier molecular flexibility index (Phi) is 33.3. The van der Waals surface area contributed by atoms with Gasteiger partial charge in [0.2, 0.25) is 0 Å². The van der Waals surface area contributed by atoms with Crippen molar-refractivity contribution in [2.45, 2.75) is 206 Å². The zero-order valence-electron chi connectivity index (χ0n) is 26.7. The maximum Gasteiger partial charge on any atom is 0.158 e. The van der Waals surface area contributed by atoms with Crippen molar-refractivity contribution in [2.75, 3.05) is 0 Å². The molecule has 0 aliphatic carbocycles.